The van der Waals surface area contributed by atoms with Crippen LogP contribution in [0.2, 0.25) is 5.02 Å². The number of carbonyl (C=O) groups is 1. The predicted molar refractivity (Wildman–Crippen MR) is 109 cm³/mol. The molecule has 4 heteroatoms. The van der Waals surface area contributed by atoms with Crippen LogP contribution >= 0.6 is 11.6 Å². The van der Waals surface area contributed by atoms with Crippen LogP contribution in [0.25, 0.3) is 0 Å². The second-order valence-electron chi connectivity index (χ2n) is 7.93. The number of hydrogen-bond acceptors (Lipinski definition) is 2. The Labute approximate surface area is 166 Å². The van der Waals surface area contributed by atoms with Crippen LogP contribution in [0.5, 0.6) is 0 Å². The van der Waals surface area contributed by atoms with E-state index >= 15 is 0 Å². The molecule has 1 saturated carbocycles. The highest BCUT2D eigenvalue weighted by Crippen LogP contribution is 2.31. The maximum Gasteiger partial charge on any atom is 0.225 e. The lowest BCUT2D eigenvalue weighted by atomic mass is 9.92. The summed E-state index contributed by atoms with van der Waals surface area (Å²) in [5, 5.41) is 0.788. The molecule has 2 heterocycles. The minimum atomic E-state index is 0.267. The molecule has 0 spiro atoms. The van der Waals surface area contributed by atoms with Gasteiger partial charge in [-0.25, -0.2) is 0 Å². The van der Waals surface area contributed by atoms with Gasteiger partial charge in [-0.1, -0.05) is 48.7 Å². The van der Waals surface area contributed by atoms with Crippen LogP contribution in [0.1, 0.15) is 61.4 Å². The van der Waals surface area contributed by atoms with Gasteiger partial charge >= 0.3 is 0 Å². The predicted octanol–water partition coefficient (Wildman–Crippen LogP) is 5.22. The standard InChI is InChI=1S/C23H27ClN2O/c24-21-12-4-3-9-18(21)15-20-11-5-13-22(25-20)19-10-6-14-26(16-19)23(27)17-7-1-2-8-17/h3-5,9,11-13,17,19H,1-2,6-8,10,14-16H2. The van der Waals surface area contributed by atoms with E-state index in [9.17, 15) is 4.79 Å². The highest BCUT2D eigenvalue weighted by Gasteiger charge is 2.31. The molecule has 1 unspecified atom stereocenters. The second kappa shape index (κ2) is 8.43. The van der Waals surface area contributed by atoms with Gasteiger partial charge in [0.05, 0.1) is 0 Å². The molecular formula is C23H27ClN2O. The van der Waals surface area contributed by atoms with Crippen molar-refractivity contribution in [2.75, 3.05) is 13.1 Å². The van der Waals surface area contributed by atoms with Gasteiger partial charge in [-0.2, -0.15) is 0 Å². The first kappa shape index (κ1) is 18.5. The van der Waals surface area contributed by atoms with Crippen molar-refractivity contribution in [3.8, 4) is 0 Å². The van der Waals surface area contributed by atoms with Crippen LogP contribution in [0, 0.1) is 5.92 Å². The summed E-state index contributed by atoms with van der Waals surface area (Å²) in [6, 6.07) is 14.2. The SMILES string of the molecule is O=C(C1CCCC1)N1CCCC(c2cccc(Cc3ccccc3Cl)n2)C1. The van der Waals surface area contributed by atoms with E-state index in [-0.39, 0.29) is 5.92 Å². The summed E-state index contributed by atoms with van der Waals surface area (Å²) >= 11 is 6.31. The van der Waals surface area contributed by atoms with E-state index in [0.29, 0.717) is 11.8 Å². The molecule has 0 N–H and O–H groups in total. The molecule has 0 bridgehead atoms. The summed E-state index contributed by atoms with van der Waals surface area (Å²) in [6.45, 7) is 1.73. The number of carbonyl (C=O) groups excluding carboxylic acids is 1. The molecule has 142 valence electrons. The Hall–Kier alpha value is -1.87. The molecule has 1 aliphatic carbocycles. The van der Waals surface area contributed by atoms with Crippen molar-refractivity contribution in [3.63, 3.8) is 0 Å². The Kier molecular flexibility index (Phi) is 5.77. The third-order valence-corrected chi connectivity index (χ3v) is 6.38. The lowest BCUT2D eigenvalue weighted by Gasteiger charge is -2.34. The zero-order chi connectivity index (χ0) is 18.6. The largest absolute Gasteiger partial charge is 0.342 e. The number of hydrogen-bond donors (Lipinski definition) is 0. The van der Waals surface area contributed by atoms with Crippen molar-refractivity contribution < 1.29 is 4.79 Å². The molecule has 1 amide bonds. The van der Waals surface area contributed by atoms with Gasteiger partial charge in [0, 0.05) is 47.8 Å². The molecule has 4 rings (SSSR count). The highest BCUT2D eigenvalue weighted by atomic mass is 35.5. The quantitative estimate of drug-likeness (QED) is 0.726. The maximum atomic E-state index is 12.8. The van der Waals surface area contributed by atoms with E-state index in [1.165, 1.54) is 12.8 Å². The number of likely N-dealkylation sites (tertiary alicyclic amines) is 1. The third kappa shape index (κ3) is 4.35. The molecule has 1 saturated heterocycles. The van der Waals surface area contributed by atoms with Crippen molar-refractivity contribution >= 4 is 17.5 Å². The van der Waals surface area contributed by atoms with E-state index in [4.69, 9.17) is 16.6 Å². The van der Waals surface area contributed by atoms with Gasteiger partial charge in [-0.15, -0.1) is 0 Å². The molecule has 2 fully saturated rings. The fourth-order valence-electron chi connectivity index (χ4n) is 4.51. The zero-order valence-electron chi connectivity index (χ0n) is 15.7. The number of nitrogens with zero attached hydrogens (tertiary/aromatic N) is 2. The average molecular weight is 383 g/mol. The Bertz CT molecular complexity index is 800. The molecule has 0 radical (unpaired) electrons. The molecule has 1 aromatic carbocycles. The number of aromatic nitrogens is 1. The van der Waals surface area contributed by atoms with Crippen molar-refractivity contribution in [1.82, 2.24) is 9.88 Å². The summed E-state index contributed by atoms with van der Waals surface area (Å²) in [6.07, 6.45) is 7.48. The van der Waals surface area contributed by atoms with Gasteiger partial charge in [-0.05, 0) is 49.4 Å². The molecule has 3 nitrogen and oxygen atoms in total. The molecule has 1 atom stereocenters. The van der Waals surface area contributed by atoms with Gasteiger partial charge in [0.2, 0.25) is 5.91 Å². The third-order valence-electron chi connectivity index (χ3n) is 6.01. The van der Waals surface area contributed by atoms with Crippen molar-refractivity contribution in [2.45, 2.75) is 50.9 Å². The number of rotatable bonds is 4. The monoisotopic (exact) mass is 382 g/mol. The summed E-state index contributed by atoms with van der Waals surface area (Å²) in [5.41, 5.74) is 3.26. The summed E-state index contributed by atoms with van der Waals surface area (Å²) in [4.78, 5) is 19.8. The van der Waals surface area contributed by atoms with Crippen LogP contribution in [0.15, 0.2) is 42.5 Å². The first-order valence-corrected chi connectivity index (χ1v) is 10.6. The van der Waals surface area contributed by atoms with Crippen molar-refractivity contribution in [2.24, 2.45) is 5.92 Å². The molecule has 2 aliphatic rings. The lowest BCUT2D eigenvalue weighted by Crippen LogP contribution is -2.42. The number of amides is 1. The zero-order valence-corrected chi connectivity index (χ0v) is 16.5. The lowest BCUT2D eigenvalue weighted by molar-refractivity contribution is -0.136. The van der Waals surface area contributed by atoms with E-state index < -0.39 is 0 Å². The van der Waals surface area contributed by atoms with Crippen LogP contribution in [-0.2, 0) is 11.2 Å². The van der Waals surface area contributed by atoms with Crippen molar-refractivity contribution in [1.29, 1.82) is 0 Å². The molecule has 1 aromatic heterocycles. The Balaban J connectivity index is 1.46. The van der Waals surface area contributed by atoms with Gasteiger partial charge in [-0.3, -0.25) is 9.78 Å². The number of halogens is 1. The fourth-order valence-corrected chi connectivity index (χ4v) is 4.71. The molecule has 2 aromatic rings. The van der Waals surface area contributed by atoms with E-state index in [1.807, 2.05) is 18.2 Å². The first-order valence-electron chi connectivity index (χ1n) is 10.2. The van der Waals surface area contributed by atoms with Gasteiger partial charge in [0.15, 0.2) is 0 Å². The van der Waals surface area contributed by atoms with Crippen LogP contribution in [-0.4, -0.2) is 28.9 Å². The minimum Gasteiger partial charge on any atom is -0.342 e. The van der Waals surface area contributed by atoms with Crippen LogP contribution in [0.3, 0.4) is 0 Å². The van der Waals surface area contributed by atoms with Crippen LogP contribution in [0.4, 0.5) is 0 Å². The van der Waals surface area contributed by atoms with Crippen LogP contribution < -0.4 is 0 Å². The Morgan fingerprint density at radius 1 is 1.04 bits per heavy atom. The van der Waals surface area contributed by atoms with Gasteiger partial charge < -0.3 is 4.90 Å². The van der Waals surface area contributed by atoms with Gasteiger partial charge in [0.25, 0.3) is 0 Å². The summed E-state index contributed by atoms with van der Waals surface area (Å²) < 4.78 is 0. The maximum absolute atomic E-state index is 12.8. The summed E-state index contributed by atoms with van der Waals surface area (Å²) in [7, 11) is 0. The average Bonchev–Trinajstić information content (AvgIpc) is 3.24. The molecule has 27 heavy (non-hydrogen) atoms. The topological polar surface area (TPSA) is 33.2 Å². The smallest absolute Gasteiger partial charge is 0.225 e. The van der Waals surface area contributed by atoms with Gasteiger partial charge in [0.1, 0.15) is 0 Å². The number of piperidine rings is 1. The Morgan fingerprint density at radius 3 is 2.67 bits per heavy atom. The highest BCUT2D eigenvalue weighted by molar-refractivity contribution is 6.31. The Morgan fingerprint density at radius 2 is 1.85 bits per heavy atom. The van der Waals surface area contributed by atoms with E-state index in [2.05, 4.69) is 29.2 Å². The molecule has 1 aliphatic heterocycles. The number of pyridine rings is 1. The first-order chi connectivity index (χ1) is 13.2. The van der Waals surface area contributed by atoms with E-state index in [1.54, 1.807) is 0 Å². The fraction of sp³-hybridized carbons (Fsp3) is 0.478. The minimum absolute atomic E-state index is 0.267. The summed E-state index contributed by atoms with van der Waals surface area (Å²) in [5.74, 6) is 0.989. The van der Waals surface area contributed by atoms with E-state index in [0.717, 1.165) is 67.2 Å². The second-order valence-corrected chi connectivity index (χ2v) is 8.33. The number of benzene rings is 1. The molecular weight excluding hydrogens is 356 g/mol. The normalized spacial score (nSPS) is 20.8. The van der Waals surface area contributed by atoms with Crippen molar-refractivity contribution in [3.05, 3.63) is 64.4 Å².